The van der Waals surface area contributed by atoms with E-state index >= 15 is 0 Å². The van der Waals surface area contributed by atoms with E-state index in [9.17, 15) is 4.79 Å². The van der Waals surface area contributed by atoms with Crippen LogP contribution in [0.1, 0.15) is 23.2 Å². The second kappa shape index (κ2) is 7.38. The van der Waals surface area contributed by atoms with Gasteiger partial charge in [0.15, 0.2) is 5.17 Å². The number of carbonyl (C=O) groups is 1. The predicted octanol–water partition coefficient (Wildman–Crippen LogP) is 2.75. The van der Waals surface area contributed by atoms with Crippen molar-refractivity contribution in [1.82, 2.24) is 26.0 Å². The molecule has 5 rings (SSSR count). The number of amidine groups is 1. The lowest BCUT2D eigenvalue weighted by atomic mass is 10.1. The Morgan fingerprint density at radius 1 is 1.25 bits per heavy atom. The van der Waals surface area contributed by atoms with Crippen LogP contribution in [0.3, 0.4) is 0 Å². The maximum Gasteiger partial charge on any atom is 0.264 e. The van der Waals surface area contributed by atoms with Crippen molar-refractivity contribution in [2.75, 3.05) is 0 Å². The number of rotatable bonds is 4. The Balaban J connectivity index is 1.28. The number of hydrogen-bond donors (Lipinski definition) is 2. The summed E-state index contributed by atoms with van der Waals surface area (Å²) in [5.74, 6) is 1.43. The van der Waals surface area contributed by atoms with Crippen LogP contribution in [-0.2, 0) is 10.5 Å². The van der Waals surface area contributed by atoms with Crippen molar-refractivity contribution in [3.63, 3.8) is 0 Å². The summed E-state index contributed by atoms with van der Waals surface area (Å²) in [5, 5.41) is 12.8. The Hall–Kier alpha value is -2.69. The van der Waals surface area contributed by atoms with E-state index in [0.717, 1.165) is 5.56 Å². The molecule has 4 heterocycles. The molecular formula is C18H16N6O2S2. The summed E-state index contributed by atoms with van der Waals surface area (Å²) >= 11 is 3.12. The fraction of sp³-hybridized carbons (Fsp3) is 0.222. The monoisotopic (exact) mass is 412 g/mol. The fourth-order valence-corrected chi connectivity index (χ4v) is 4.78. The highest BCUT2D eigenvalue weighted by atomic mass is 32.2. The lowest BCUT2D eigenvalue weighted by molar-refractivity contribution is -0.125. The average Bonchev–Trinajstić information content (AvgIpc) is 3.47. The number of amides is 1. The number of hydrazine groups is 1. The van der Waals surface area contributed by atoms with Crippen LogP contribution < -0.4 is 10.9 Å². The SMILES string of the molecule is O=C1NN=C(SCc2nc(-c3ccccc3)no2)N2NC(c3cccs3)CC12. The molecule has 0 spiro atoms. The zero-order chi connectivity index (χ0) is 18.9. The smallest absolute Gasteiger partial charge is 0.264 e. The zero-order valence-electron chi connectivity index (χ0n) is 14.6. The molecule has 0 aliphatic carbocycles. The molecule has 1 aromatic carbocycles. The molecule has 1 saturated heterocycles. The van der Waals surface area contributed by atoms with E-state index in [1.807, 2.05) is 46.8 Å². The van der Waals surface area contributed by atoms with Gasteiger partial charge in [0.2, 0.25) is 11.7 Å². The molecule has 0 radical (unpaired) electrons. The molecule has 0 bridgehead atoms. The van der Waals surface area contributed by atoms with Gasteiger partial charge in [-0.05, 0) is 11.4 Å². The minimum Gasteiger partial charge on any atom is -0.338 e. The molecule has 3 aromatic rings. The third-order valence-corrected chi connectivity index (χ3v) is 6.47. The molecule has 142 valence electrons. The van der Waals surface area contributed by atoms with Crippen LogP contribution in [0, 0.1) is 0 Å². The number of thioether (sulfide) groups is 1. The summed E-state index contributed by atoms with van der Waals surface area (Å²) in [6.07, 6.45) is 0.699. The fourth-order valence-electron chi connectivity index (χ4n) is 3.20. The van der Waals surface area contributed by atoms with E-state index in [-0.39, 0.29) is 18.0 Å². The molecule has 2 unspecified atom stereocenters. The van der Waals surface area contributed by atoms with Gasteiger partial charge in [0.05, 0.1) is 11.8 Å². The van der Waals surface area contributed by atoms with Crippen molar-refractivity contribution in [2.45, 2.75) is 24.3 Å². The molecule has 2 aromatic heterocycles. The summed E-state index contributed by atoms with van der Waals surface area (Å²) in [6, 6.07) is 13.6. The van der Waals surface area contributed by atoms with Crippen LogP contribution in [0.4, 0.5) is 0 Å². The first-order valence-corrected chi connectivity index (χ1v) is 10.6. The molecule has 1 amide bonds. The minimum atomic E-state index is -0.283. The molecule has 28 heavy (non-hydrogen) atoms. The van der Waals surface area contributed by atoms with Crippen LogP contribution in [0.15, 0.2) is 57.5 Å². The maximum atomic E-state index is 12.2. The second-order valence-electron chi connectivity index (χ2n) is 6.36. The van der Waals surface area contributed by atoms with Gasteiger partial charge < -0.3 is 4.52 Å². The highest BCUT2D eigenvalue weighted by Crippen LogP contribution is 2.33. The Kier molecular flexibility index (Phi) is 4.59. The summed E-state index contributed by atoms with van der Waals surface area (Å²) in [5.41, 5.74) is 6.94. The number of thiophene rings is 1. The summed E-state index contributed by atoms with van der Waals surface area (Å²) < 4.78 is 5.36. The molecule has 2 N–H and O–H groups in total. The third kappa shape index (κ3) is 3.30. The lowest BCUT2D eigenvalue weighted by Crippen LogP contribution is -2.52. The zero-order valence-corrected chi connectivity index (χ0v) is 16.2. The Labute approximate surface area is 169 Å². The van der Waals surface area contributed by atoms with Gasteiger partial charge in [-0.1, -0.05) is 53.3 Å². The molecule has 8 nitrogen and oxygen atoms in total. The largest absolute Gasteiger partial charge is 0.338 e. The number of fused-ring (bicyclic) bond motifs is 1. The first-order valence-electron chi connectivity index (χ1n) is 8.75. The number of hydrogen-bond acceptors (Lipinski definition) is 9. The number of aromatic nitrogens is 2. The van der Waals surface area contributed by atoms with Gasteiger partial charge in [-0.2, -0.15) is 4.98 Å². The van der Waals surface area contributed by atoms with Crippen LogP contribution in [0.2, 0.25) is 0 Å². The van der Waals surface area contributed by atoms with E-state index in [1.54, 1.807) is 11.3 Å². The van der Waals surface area contributed by atoms with Gasteiger partial charge in [0, 0.05) is 16.9 Å². The van der Waals surface area contributed by atoms with Gasteiger partial charge in [0.25, 0.3) is 5.91 Å². The standard InChI is InChI=1S/C18H16N6O2S2/c25-17-13-9-12(14-7-4-8-27-14)22-24(13)18(21-20-17)28-10-15-19-16(23-26-15)11-5-2-1-3-6-11/h1-8,12-13,22H,9-10H2,(H,20,25). The molecular weight excluding hydrogens is 396 g/mol. The van der Waals surface area contributed by atoms with Gasteiger partial charge >= 0.3 is 0 Å². The summed E-state index contributed by atoms with van der Waals surface area (Å²) in [4.78, 5) is 17.9. The van der Waals surface area contributed by atoms with Crippen LogP contribution in [0.25, 0.3) is 11.4 Å². The van der Waals surface area contributed by atoms with Gasteiger partial charge in [-0.3, -0.25) is 9.80 Å². The van der Waals surface area contributed by atoms with Crippen molar-refractivity contribution in [3.8, 4) is 11.4 Å². The Bertz CT molecular complexity index is 1000. The van der Waals surface area contributed by atoms with E-state index in [2.05, 4.69) is 32.2 Å². The molecule has 2 aliphatic heterocycles. The summed E-state index contributed by atoms with van der Waals surface area (Å²) in [7, 11) is 0. The molecule has 2 aliphatic rings. The van der Waals surface area contributed by atoms with E-state index < -0.39 is 0 Å². The van der Waals surface area contributed by atoms with Crippen LogP contribution >= 0.6 is 23.1 Å². The highest BCUT2D eigenvalue weighted by molar-refractivity contribution is 8.13. The van der Waals surface area contributed by atoms with Crippen molar-refractivity contribution in [3.05, 3.63) is 58.6 Å². The van der Waals surface area contributed by atoms with E-state index in [4.69, 9.17) is 4.52 Å². The first-order chi connectivity index (χ1) is 13.8. The number of nitrogens with one attached hydrogen (secondary N) is 2. The van der Waals surface area contributed by atoms with Gasteiger partial charge in [-0.15, -0.1) is 16.4 Å². The number of hydrazone groups is 1. The second-order valence-corrected chi connectivity index (χ2v) is 8.28. The van der Waals surface area contributed by atoms with Gasteiger partial charge in [-0.25, -0.2) is 10.9 Å². The number of carbonyl (C=O) groups excluding carboxylic acids is 1. The summed E-state index contributed by atoms with van der Waals surface area (Å²) in [6.45, 7) is 0. The number of nitrogens with zero attached hydrogens (tertiary/aromatic N) is 4. The van der Waals surface area contributed by atoms with Crippen molar-refractivity contribution in [1.29, 1.82) is 0 Å². The van der Waals surface area contributed by atoms with Crippen molar-refractivity contribution < 1.29 is 9.32 Å². The van der Waals surface area contributed by atoms with Crippen LogP contribution in [-0.4, -0.2) is 32.3 Å². The molecule has 0 saturated carbocycles. The number of benzene rings is 1. The van der Waals surface area contributed by atoms with Crippen molar-refractivity contribution in [2.24, 2.45) is 5.10 Å². The van der Waals surface area contributed by atoms with E-state index in [1.165, 1.54) is 16.6 Å². The Morgan fingerprint density at radius 3 is 2.96 bits per heavy atom. The quantitative estimate of drug-likeness (QED) is 0.680. The first kappa shape index (κ1) is 17.4. The predicted molar refractivity (Wildman–Crippen MR) is 107 cm³/mol. The normalized spacial score (nSPS) is 21.4. The molecule has 2 atom stereocenters. The minimum absolute atomic E-state index is 0.0972. The van der Waals surface area contributed by atoms with E-state index in [0.29, 0.717) is 29.1 Å². The highest BCUT2D eigenvalue weighted by Gasteiger charge is 2.42. The van der Waals surface area contributed by atoms with Gasteiger partial charge in [0.1, 0.15) is 6.04 Å². The third-order valence-electron chi connectivity index (χ3n) is 4.55. The molecule has 10 heteroatoms. The van der Waals surface area contributed by atoms with Crippen molar-refractivity contribution >= 4 is 34.2 Å². The topological polar surface area (TPSA) is 95.7 Å². The van der Waals surface area contributed by atoms with Crippen LogP contribution in [0.5, 0.6) is 0 Å². The Morgan fingerprint density at radius 2 is 2.14 bits per heavy atom. The lowest BCUT2D eigenvalue weighted by Gasteiger charge is -2.28. The molecule has 1 fully saturated rings. The average molecular weight is 413 g/mol. The maximum absolute atomic E-state index is 12.2.